The molecule has 1 N–H and O–H groups in total. The summed E-state index contributed by atoms with van der Waals surface area (Å²) < 4.78 is 11.1. The second-order valence-corrected chi connectivity index (χ2v) is 5.13. The average molecular weight is 345 g/mol. The van der Waals surface area contributed by atoms with Crippen molar-refractivity contribution in [2.45, 2.75) is 6.10 Å². The Bertz CT molecular complexity index is 806. The van der Waals surface area contributed by atoms with E-state index in [-0.39, 0.29) is 24.7 Å². The highest BCUT2D eigenvalue weighted by Crippen LogP contribution is 2.34. The van der Waals surface area contributed by atoms with Crippen LogP contribution in [0.4, 0.5) is 0 Å². The molecule has 0 aliphatic rings. The highest BCUT2D eigenvalue weighted by Gasteiger charge is 2.21. The van der Waals surface area contributed by atoms with Crippen molar-refractivity contribution >= 4 is 0 Å². The van der Waals surface area contributed by atoms with Crippen molar-refractivity contribution in [3.8, 4) is 73.2 Å². The van der Waals surface area contributed by atoms with Crippen molar-refractivity contribution in [2.24, 2.45) is 0 Å². The van der Waals surface area contributed by atoms with Crippen molar-refractivity contribution in [1.82, 2.24) is 4.90 Å². The molecule has 0 saturated heterocycles. The minimum absolute atomic E-state index is 0.00140. The van der Waals surface area contributed by atoms with Crippen LogP contribution < -0.4 is 4.74 Å². The number of phenolic OH excluding ortho intramolecular Hbond substituents is 1. The highest BCUT2D eigenvalue weighted by molar-refractivity contribution is 5.53. The summed E-state index contributed by atoms with van der Waals surface area (Å²) >= 11 is 0. The number of ether oxygens (including phenoxy) is 2. The summed E-state index contributed by atoms with van der Waals surface area (Å²) in [5.41, 5.74) is 1.06. The van der Waals surface area contributed by atoms with Crippen LogP contribution in [0, 0.1) is 61.7 Å². The Morgan fingerprint density at radius 2 is 1.62 bits per heavy atom. The molecule has 26 heavy (non-hydrogen) atoms. The lowest BCUT2D eigenvalue weighted by atomic mass is 10.0. The Morgan fingerprint density at radius 1 is 0.962 bits per heavy atom. The monoisotopic (exact) mass is 345 g/mol. The van der Waals surface area contributed by atoms with Crippen LogP contribution in [0.3, 0.4) is 0 Å². The van der Waals surface area contributed by atoms with Crippen molar-refractivity contribution in [1.29, 1.82) is 0 Å². The number of benzene rings is 1. The van der Waals surface area contributed by atoms with Crippen LogP contribution in [-0.2, 0) is 4.74 Å². The van der Waals surface area contributed by atoms with E-state index in [0.29, 0.717) is 30.8 Å². The van der Waals surface area contributed by atoms with Gasteiger partial charge in [0.15, 0.2) is 11.5 Å². The van der Waals surface area contributed by atoms with E-state index in [1.54, 1.807) is 6.07 Å². The van der Waals surface area contributed by atoms with E-state index in [4.69, 9.17) is 41.6 Å². The minimum atomic E-state index is -0.521. The summed E-state index contributed by atoms with van der Waals surface area (Å²) in [4.78, 5) is 1.84. The van der Waals surface area contributed by atoms with Gasteiger partial charge in [0, 0.05) is 17.7 Å². The van der Waals surface area contributed by atoms with Gasteiger partial charge in [0.05, 0.1) is 19.2 Å². The molecule has 0 fully saturated rings. The summed E-state index contributed by atoms with van der Waals surface area (Å²) in [7, 11) is 0. The summed E-state index contributed by atoms with van der Waals surface area (Å²) in [6.07, 6.45) is 26.3. The Kier molecular flexibility index (Phi) is 8.83. The van der Waals surface area contributed by atoms with E-state index >= 15 is 0 Å². The van der Waals surface area contributed by atoms with Gasteiger partial charge in [0.25, 0.3) is 0 Å². The third-order valence-corrected chi connectivity index (χ3v) is 3.37. The van der Waals surface area contributed by atoms with Gasteiger partial charge in [0.1, 0.15) is 13.2 Å². The topological polar surface area (TPSA) is 41.9 Å². The van der Waals surface area contributed by atoms with Crippen molar-refractivity contribution in [3.63, 3.8) is 0 Å². The van der Waals surface area contributed by atoms with Gasteiger partial charge in [-0.15, -0.1) is 32.1 Å². The van der Waals surface area contributed by atoms with E-state index in [1.807, 2.05) is 4.90 Å². The summed E-state index contributed by atoms with van der Waals surface area (Å²) in [5.74, 6) is 12.5. The second kappa shape index (κ2) is 11.2. The maximum absolute atomic E-state index is 10.1. The summed E-state index contributed by atoms with van der Waals surface area (Å²) in [6, 6.07) is 3.01. The fraction of sp³-hybridized carbons (Fsp3) is 0.273. The number of aromatic hydroxyl groups is 1. The molecule has 1 atom stereocenters. The molecule has 0 radical (unpaired) electrons. The number of hydrogen-bond acceptors (Lipinski definition) is 4. The highest BCUT2D eigenvalue weighted by atomic mass is 16.5. The van der Waals surface area contributed by atoms with Gasteiger partial charge < -0.3 is 14.6 Å². The van der Waals surface area contributed by atoms with Crippen LogP contribution in [-0.4, -0.2) is 42.9 Å². The van der Waals surface area contributed by atoms with Crippen LogP contribution in [0.1, 0.15) is 17.2 Å². The van der Waals surface area contributed by atoms with Gasteiger partial charge in [-0.05, 0) is 12.1 Å². The maximum Gasteiger partial charge on any atom is 0.162 e. The molecule has 0 aliphatic heterocycles. The molecule has 0 spiro atoms. The summed E-state index contributed by atoms with van der Waals surface area (Å²) in [5, 5.41) is 10.1. The van der Waals surface area contributed by atoms with E-state index in [1.165, 1.54) is 6.07 Å². The predicted molar refractivity (Wildman–Crippen MR) is 102 cm³/mol. The molecule has 0 aromatic heterocycles. The third-order valence-electron chi connectivity index (χ3n) is 3.37. The Morgan fingerprint density at radius 3 is 2.15 bits per heavy atom. The smallest absolute Gasteiger partial charge is 0.162 e. The molecule has 1 aromatic rings. The lowest BCUT2D eigenvalue weighted by Crippen LogP contribution is -2.31. The molecule has 1 unspecified atom stereocenters. The largest absolute Gasteiger partial charge is 0.504 e. The SMILES string of the molecule is C#CCOc1cc(C(CN(CC#C)CC#C)OCC#C)c(C#C)cc1O. The van der Waals surface area contributed by atoms with Gasteiger partial charge in [-0.3, -0.25) is 4.90 Å². The van der Waals surface area contributed by atoms with E-state index < -0.39 is 6.10 Å². The van der Waals surface area contributed by atoms with Crippen LogP contribution in [0.5, 0.6) is 11.5 Å². The summed E-state index contributed by atoms with van der Waals surface area (Å²) in [6.45, 7) is 1.10. The molecule has 0 saturated carbocycles. The van der Waals surface area contributed by atoms with Gasteiger partial charge >= 0.3 is 0 Å². The first kappa shape index (κ1) is 20.6. The van der Waals surface area contributed by atoms with Crippen LogP contribution in [0.2, 0.25) is 0 Å². The van der Waals surface area contributed by atoms with Crippen LogP contribution in [0.25, 0.3) is 0 Å². The standard InChI is InChI=1S/C22H19NO3/c1-6-11-23(12-7-2)17-22(26-14-9-4)19-16-21(25-13-8-3)20(24)15-18(19)10-5/h1-5,15-16,22,24H,11-14,17H2. The quantitative estimate of drug-likeness (QED) is 0.691. The zero-order valence-corrected chi connectivity index (χ0v) is 14.4. The zero-order chi connectivity index (χ0) is 19.4. The number of rotatable bonds is 9. The molecule has 130 valence electrons. The molecule has 0 aliphatic carbocycles. The fourth-order valence-electron chi connectivity index (χ4n) is 2.28. The van der Waals surface area contributed by atoms with E-state index in [9.17, 15) is 5.11 Å². The fourth-order valence-corrected chi connectivity index (χ4v) is 2.28. The molecule has 0 bridgehead atoms. The second-order valence-electron chi connectivity index (χ2n) is 5.13. The number of hydrogen-bond donors (Lipinski definition) is 1. The number of phenols is 1. The molecule has 4 nitrogen and oxygen atoms in total. The van der Waals surface area contributed by atoms with Crippen molar-refractivity contribution in [3.05, 3.63) is 23.3 Å². The lowest BCUT2D eigenvalue weighted by molar-refractivity contribution is 0.0508. The lowest BCUT2D eigenvalue weighted by Gasteiger charge is -2.26. The van der Waals surface area contributed by atoms with Crippen molar-refractivity contribution in [2.75, 3.05) is 32.8 Å². The minimum Gasteiger partial charge on any atom is -0.504 e. The Hall–Kier alpha value is -3.46. The van der Waals surface area contributed by atoms with E-state index in [2.05, 4.69) is 29.6 Å². The molecule has 0 heterocycles. The first-order chi connectivity index (χ1) is 12.6. The Balaban J connectivity index is 3.29. The Labute approximate surface area is 155 Å². The maximum atomic E-state index is 10.1. The molecular weight excluding hydrogens is 326 g/mol. The number of terminal acetylenes is 5. The van der Waals surface area contributed by atoms with E-state index in [0.717, 1.165) is 0 Å². The van der Waals surface area contributed by atoms with Crippen LogP contribution >= 0.6 is 0 Å². The van der Waals surface area contributed by atoms with Gasteiger partial charge in [-0.2, -0.15) is 0 Å². The van der Waals surface area contributed by atoms with Gasteiger partial charge in [0.2, 0.25) is 0 Å². The molecule has 1 rings (SSSR count). The van der Waals surface area contributed by atoms with Crippen LogP contribution in [0.15, 0.2) is 12.1 Å². The normalized spacial score (nSPS) is 10.6. The predicted octanol–water partition coefficient (Wildman–Crippen LogP) is 1.64. The average Bonchev–Trinajstić information content (AvgIpc) is 2.64. The first-order valence-electron chi connectivity index (χ1n) is 7.65. The van der Waals surface area contributed by atoms with Gasteiger partial charge in [-0.1, -0.05) is 29.6 Å². The molecule has 1 aromatic carbocycles. The molecule has 4 heteroatoms. The van der Waals surface area contributed by atoms with Gasteiger partial charge in [-0.25, -0.2) is 0 Å². The molecular formula is C22H19NO3. The first-order valence-corrected chi connectivity index (χ1v) is 7.65. The third kappa shape index (κ3) is 5.87. The zero-order valence-electron chi connectivity index (χ0n) is 14.4. The molecule has 0 amide bonds. The van der Waals surface area contributed by atoms with Crippen molar-refractivity contribution < 1.29 is 14.6 Å². The number of nitrogens with zero attached hydrogens (tertiary/aromatic N) is 1.